The number of nitrogens with zero attached hydrogens (tertiary/aromatic N) is 2. The van der Waals surface area contributed by atoms with Gasteiger partial charge in [-0.15, -0.1) is 0 Å². The highest BCUT2D eigenvalue weighted by atomic mass is 16.5. The van der Waals surface area contributed by atoms with E-state index in [9.17, 15) is 4.79 Å². The van der Waals surface area contributed by atoms with Gasteiger partial charge in [-0.1, -0.05) is 5.16 Å². The third-order valence-corrected chi connectivity index (χ3v) is 4.00. The second-order valence-electron chi connectivity index (χ2n) is 5.51. The van der Waals surface area contributed by atoms with E-state index in [1.54, 1.807) is 6.07 Å². The van der Waals surface area contributed by atoms with E-state index in [1.807, 2.05) is 6.92 Å². The van der Waals surface area contributed by atoms with E-state index in [-0.39, 0.29) is 5.91 Å². The number of carbonyl (C=O) groups excluding carboxylic acids is 1. The molecule has 2 atom stereocenters. The fourth-order valence-electron chi connectivity index (χ4n) is 3.07. The summed E-state index contributed by atoms with van der Waals surface area (Å²) >= 11 is 0. The van der Waals surface area contributed by atoms with Gasteiger partial charge in [0.1, 0.15) is 0 Å². The number of hydrogen-bond donors (Lipinski definition) is 2. The number of fused-ring (bicyclic) bond motifs is 1. The zero-order valence-corrected chi connectivity index (χ0v) is 11.2. The quantitative estimate of drug-likeness (QED) is 0.837. The Morgan fingerprint density at radius 2 is 2.53 bits per heavy atom. The Labute approximate surface area is 112 Å². The summed E-state index contributed by atoms with van der Waals surface area (Å²) in [7, 11) is 0. The lowest BCUT2D eigenvalue weighted by Crippen LogP contribution is -2.46. The summed E-state index contributed by atoms with van der Waals surface area (Å²) in [4.78, 5) is 14.2. The zero-order valence-electron chi connectivity index (χ0n) is 11.2. The number of aromatic nitrogens is 1. The maximum Gasteiger partial charge on any atom is 0.240 e. The van der Waals surface area contributed by atoms with Crippen LogP contribution in [0.15, 0.2) is 10.6 Å². The fraction of sp³-hybridized carbons (Fsp3) is 0.692. The van der Waals surface area contributed by atoms with Crippen molar-refractivity contribution in [1.29, 1.82) is 0 Å². The predicted molar refractivity (Wildman–Crippen MR) is 70.8 cm³/mol. The summed E-state index contributed by atoms with van der Waals surface area (Å²) in [5, 5.41) is 10.0. The first-order valence-electron chi connectivity index (χ1n) is 6.89. The van der Waals surface area contributed by atoms with Gasteiger partial charge in [0.25, 0.3) is 0 Å². The molecule has 0 saturated carbocycles. The highest BCUT2D eigenvalue weighted by Crippen LogP contribution is 2.24. The Balaban J connectivity index is 1.49. The molecule has 0 spiro atoms. The molecule has 104 valence electrons. The average Bonchev–Trinajstić information content (AvgIpc) is 2.97. The Bertz CT molecular complexity index is 459. The second-order valence-corrected chi connectivity index (χ2v) is 5.51. The topological polar surface area (TPSA) is 70.4 Å². The molecule has 2 N–H and O–H groups in total. The van der Waals surface area contributed by atoms with E-state index in [0.717, 1.165) is 31.7 Å². The molecule has 1 aromatic rings. The number of nitrogens with one attached hydrogen (secondary N) is 2. The van der Waals surface area contributed by atoms with E-state index >= 15 is 0 Å². The molecule has 1 amide bonds. The number of likely N-dealkylation sites (tertiary alicyclic amines) is 1. The average molecular weight is 264 g/mol. The van der Waals surface area contributed by atoms with Crippen molar-refractivity contribution in [2.75, 3.05) is 31.5 Å². The molecule has 1 aromatic heterocycles. The first-order chi connectivity index (χ1) is 9.20. The SMILES string of the molecule is Cc1cc(NC(=O)CN2CCC3NCCC3C2)on1. The predicted octanol–water partition coefficient (Wildman–Crippen LogP) is 0.605. The smallest absolute Gasteiger partial charge is 0.240 e. The van der Waals surface area contributed by atoms with Gasteiger partial charge in [0.2, 0.25) is 11.8 Å². The largest absolute Gasteiger partial charge is 0.338 e. The van der Waals surface area contributed by atoms with Crippen LogP contribution in [0.5, 0.6) is 0 Å². The van der Waals surface area contributed by atoms with Crippen LogP contribution >= 0.6 is 0 Å². The Hall–Kier alpha value is -1.40. The molecule has 2 aliphatic heterocycles. The first-order valence-corrected chi connectivity index (χ1v) is 6.89. The lowest BCUT2D eigenvalue weighted by molar-refractivity contribution is -0.117. The minimum atomic E-state index is -0.0273. The molecule has 0 aliphatic carbocycles. The molecule has 6 nitrogen and oxygen atoms in total. The van der Waals surface area contributed by atoms with E-state index < -0.39 is 0 Å². The van der Waals surface area contributed by atoms with Crippen LogP contribution in [0, 0.1) is 12.8 Å². The number of aryl methyl sites for hydroxylation is 1. The summed E-state index contributed by atoms with van der Waals surface area (Å²) in [6.07, 6.45) is 2.36. The summed E-state index contributed by atoms with van der Waals surface area (Å²) in [6, 6.07) is 2.39. The molecule has 0 radical (unpaired) electrons. The van der Waals surface area contributed by atoms with Crippen LogP contribution < -0.4 is 10.6 Å². The number of anilines is 1. The van der Waals surface area contributed by atoms with Crippen LogP contribution in [0.3, 0.4) is 0 Å². The highest BCUT2D eigenvalue weighted by molar-refractivity contribution is 5.90. The number of piperidine rings is 1. The van der Waals surface area contributed by atoms with Crippen LogP contribution in [0.2, 0.25) is 0 Å². The van der Waals surface area contributed by atoms with Gasteiger partial charge in [-0.2, -0.15) is 0 Å². The van der Waals surface area contributed by atoms with Crippen LogP contribution in [0.4, 0.5) is 5.88 Å². The maximum absolute atomic E-state index is 11.9. The summed E-state index contributed by atoms with van der Waals surface area (Å²) in [6.45, 7) is 5.38. The van der Waals surface area contributed by atoms with Crippen molar-refractivity contribution in [3.8, 4) is 0 Å². The van der Waals surface area contributed by atoms with Crippen LogP contribution in [-0.4, -0.2) is 48.2 Å². The summed E-state index contributed by atoms with van der Waals surface area (Å²) in [5.41, 5.74) is 0.771. The molecule has 0 bridgehead atoms. The molecule has 2 saturated heterocycles. The Morgan fingerprint density at radius 1 is 1.63 bits per heavy atom. The van der Waals surface area contributed by atoms with Crippen molar-refractivity contribution >= 4 is 11.8 Å². The number of hydrogen-bond acceptors (Lipinski definition) is 5. The first kappa shape index (κ1) is 12.6. The van der Waals surface area contributed by atoms with Crippen molar-refractivity contribution < 1.29 is 9.32 Å². The second kappa shape index (κ2) is 5.30. The highest BCUT2D eigenvalue weighted by Gasteiger charge is 2.32. The monoisotopic (exact) mass is 264 g/mol. The third-order valence-electron chi connectivity index (χ3n) is 4.00. The van der Waals surface area contributed by atoms with Crippen molar-refractivity contribution in [2.45, 2.75) is 25.8 Å². The van der Waals surface area contributed by atoms with Gasteiger partial charge >= 0.3 is 0 Å². The van der Waals surface area contributed by atoms with Gasteiger partial charge in [0.05, 0.1) is 12.2 Å². The van der Waals surface area contributed by atoms with Gasteiger partial charge in [-0.3, -0.25) is 15.0 Å². The maximum atomic E-state index is 11.9. The molecule has 3 heterocycles. The molecular weight excluding hydrogens is 244 g/mol. The minimum absolute atomic E-state index is 0.0273. The minimum Gasteiger partial charge on any atom is -0.338 e. The molecule has 0 aromatic carbocycles. The molecule has 6 heteroatoms. The molecule has 3 rings (SSSR count). The van der Waals surface area contributed by atoms with Crippen molar-refractivity contribution in [2.24, 2.45) is 5.92 Å². The van der Waals surface area contributed by atoms with Gasteiger partial charge < -0.3 is 9.84 Å². The molecule has 2 fully saturated rings. The summed E-state index contributed by atoms with van der Waals surface area (Å²) < 4.78 is 4.98. The van der Waals surface area contributed by atoms with Gasteiger partial charge in [0.15, 0.2) is 0 Å². The molecule has 19 heavy (non-hydrogen) atoms. The van der Waals surface area contributed by atoms with Crippen LogP contribution in [-0.2, 0) is 4.79 Å². The van der Waals surface area contributed by atoms with Gasteiger partial charge in [0, 0.05) is 25.2 Å². The van der Waals surface area contributed by atoms with Crippen LogP contribution in [0.1, 0.15) is 18.5 Å². The lowest BCUT2D eigenvalue weighted by atomic mass is 9.93. The number of amides is 1. The Morgan fingerprint density at radius 3 is 3.32 bits per heavy atom. The zero-order chi connectivity index (χ0) is 13.2. The standard InChI is InChI=1S/C13H20N4O2/c1-9-6-13(19-16-9)15-12(18)8-17-5-3-11-10(7-17)2-4-14-11/h6,10-11,14H,2-5,7-8H2,1H3,(H,15,18). The number of carbonyl (C=O) groups is 1. The van der Waals surface area contributed by atoms with Gasteiger partial charge in [-0.25, -0.2) is 0 Å². The molecule has 2 unspecified atom stereocenters. The van der Waals surface area contributed by atoms with E-state index in [0.29, 0.717) is 24.4 Å². The van der Waals surface area contributed by atoms with Gasteiger partial charge in [-0.05, 0) is 32.2 Å². The van der Waals surface area contributed by atoms with E-state index in [2.05, 4.69) is 20.7 Å². The Kier molecular flexibility index (Phi) is 3.52. The van der Waals surface area contributed by atoms with Crippen LogP contribution in [0.25, 0.3) is 0 Å². The van der Waals surface area contributed by atoms with Crippen molar-refractivity contribution in [3.05, 3.63) is 11.8 Å². The number of rotatable bonds is 3. The third kappa shape index (κ3) is 2.96. The van der Waals surface area contributed by atoms with E-state index in [1.165, 1.54) is 6.42 Å². The van der Waals surface area contributed by atoms with Crippen molar-refractivity contribution in [3.63, 3.8) is 0 Å². The summed E-state index contributed by atoms with van der Waals surface area (Å²) in [5.74, 6) is 1.11. The lowest BCUT2D eigenvalue weighted by Gasteiger charge is -2.34. The molecule has 2 aliphatic rings. The molecular formula is C13H20N4O2. The fourth-order valence-corrected chi connectivity index (χ4v) is 3.07. The normalized spacial score (nSPS) is 27.2. The van der Waals surface area contributed by atoms with E-state index in [4.69, 9.17) is 4.52 Å². The van der Waals surface area contributed by atoms with Crippen molar-refractivity contribution in [1.82, 2.24) is 15.4 Å².